The molecule has 0 aromatic carbocycles. The van der Waals surface area contributed by atoms with Gasteiger partial charge in [-0.15, -0.1) is 0 Å². The Morgan fingerprint density at radius 3 is 2.85 bits per heavy atom. The van der Waals surface area contributed by atoms with Crippen molar-refractivity contribution in [3.05, 3.63) is 0 Å². The van der Waals surface area contributed by atoms with Gasteiger partial charge in [-0.1, -0.05) is 6.92 Å². The number of rotatable bonds is 5. The van der Waals surface area contributed by atoms with Crippen molar-refractivity contribution >= 4 is 5.97 Å². The summed E-state index contributed by atoms with van der Waals surface area (Å²) in [7, 11) is 0. The largest absolute Gasteiger partial charge is 0.466 e. The minimum absolute atomic E-state index is 0.0306. The molecule has 2 aliphatic rings. The predicted molar refractivity (Wildman–Crippen MR) is 77.7 cm³/mol. The van der Waals surface area contributed by atoms with E-state index in [9.17, 15) is 4.79 Å². The molecule has 0 saturated carbocycles. The van der Waals surface area contributed by atoms with E-state index in [2.05, 4.69) is 16.7 Å². The lowest BCUT2D eigenvalue weighted by Crippen LogP contribution is -2.50. The van der Waals surface area contributed by atoms with Crippen LogP contribution in [0, 0.1) is 5.92 Å². The number of ether oxygens (including phenoxy) is 2. The highest BCUT2D eigenvalue weighted by Gasteiger charge is 2.29. The number of carbonyl (C=O) groups excluding carboxylic acids is 1. The van der Waals surface area contributed by atoms with Gasteiger partial charge < -0.3 is 9.47 Å². The molecule has 0 aromatic rings. The second-order valence-electron chi connectivity index (χ2n) is 5.74. The summed E-state index contributed by atoms with van der Waals surface area (Å²) in [6, 6.07) is 0. The standard InChI is InChI=1S/C15H28N2O3/c1-3-16-8-9-20-14(11-16)12-17-7-5-6-13(10-17)15(18)19-4-2/h13-14H,3-12H2,1-2H3/t13-,14?/m1/s1. The van der Waals surface area contributed by atoms with Crippen LogP contribution in [0.1, 0.15) is 26.7 Å². The number of likely N-dealkylation sites (tertiary alicyclic amines) is 1. The average Bonchev–Trinajstić information content (AvgIpc) is 2.48. The van der Waals surface area contributed by atoms with Crippen LogP contribution in [0.3, 0.4) is 0 Å². The maximum Gasteiger partial charge on any atom is 0.310 e. The monoisotopic (exact) mass is 284 g/mol. The maximum atomic E-state index is 11.8. The van der Waals surface area contributed by atoms with E-state index in [0.717, 1.165) is 58.7 Å². The zero-order chi connectivity index (χ0) is 14.4. The Morgan fingerprint density at radius 2 is 2.10 bits per heavy atom. The summed E-state index contributed by atoms with van der Waals surface area (Å²) in [5.41, 5.74) is 0. The van der Waals surface area contributed by atoms with Crippen molar-refractivity contribution in [1.82, 2.24) is 9.80 Å². The number of piperidine rings is 1. The van der Waals surface area contributed by atoms with Gasteiger partial charge in [0, 0.05) is 26.2 Å². The summed E-state index contributed by atoms with van der Waals surface area (Å²) in [4.78, 5) is 16.6. The Balaban J connectivity index is 1.79. The van der Waals surface area contributed by atoms with Crippen LogP contribution in [0.25, 0.3) is 0 Å². The van der Waals surface area contributed by atoms with Crippen molar-refractivity contribution in [2.75, 3.05) is 52.5 Å². The van der Waals surface area contributed by atoms with Gasteiger partial charge in [0.25, 0.3) is 0 Å². The van der Waals surface area contributed by atoms with Gasteiger partial charge in [-0.2, -0.15) is 0 Å². The average molecular weight is 284 g/mol. The van der Waals surface area contributed by atoms with E-state index in [1.54, 1.807) is 0 Å². The van der Waals surface area contributed by atoms with Crippen molar-refractivity contribution in [3.8, 4) is 0 Å². The second-order valence-corrected chi connectivity index (χ2v) is 5.74. The van der Waals surface area contributed by atoms with Crippen molar-refractivity contribution in [3.63, 3.8) is 0 Å². The third-order valence-electron chi connectivity index (χ3n) is 4.26. The summed E-state index contributed by atoms with van der Waals surface area (Å²) in [6.07, 6.45) is 2.32. The molecule has 0 aliphatic carbocycles. The Morgan fingerprint density at radius 1 is 1.25 bits per heavy atom. The molecule has 0 amide bonds. The van der Waals surface area contributed by atoms with Gasteiger partial charge in [-0.3, -0.25) is 14.6 Å². The first-order valence-electron chi connectivity index (χ1n) is 7.95. The van der Waals surface area contributed by atoms with E-state index in [-0.39, 0.29) is 18.0 Å². The number of likely N-dealkylation sites (N-methyl/N-ethyl adjacent to an activating group) is 1. The van der Waals surface area contributed by atoms with Gasteiger partial charge >= 0.3 is 5.97 Å². The fourth-order valence-electron chi connectivity index (χ4n) is 3.14. The SMILES string of the molecule is CCOC(=O)[C@@H]1CCCN(CC2CN(CC)CCO2)C1. The molecule has 2 aliphatic heterocycles. The molecule has 0 bridgehead atoms. The zero-order valence-electron chi connectivity index (χ0n) is 12.8. The molecule has 2 saturated heterocycles. The van der Waals surface area contributed by atoms with Gasteiger partial charge in [0.05, 0.1) is 25.2 Å². The van der Waals surface area contributed by atoms with E-state index in [0.29, 0.717) is 6.61 Å². The maximum absolute atomic E-state index is 11.8. The van der Waals surface area contributed by atoms with Crippen LogP contribution in [0.15, 0.2) is 0 Å². The first-order valence-corrected chi connectivity index (χ1v) is 7.95. The molecular weight excluding hydrogens is 256 g/mol. The van der Waals surface area contributed by atoms with E-state index >= 15 is 0 Å². The summed E-state index contributed by atoms with van der Waals surface area (Å²) >= 11 is 0. The van der Waals surface area contributed by atoms with Crippen LogP contribution in [0.5, 0.6) is 0 Å². The quantitative estimate of drug-likeness (QED) is 0.704. The predicted octanol–water partition coefficient (Wildman–Crippen LogP) is 0.982. The summed E-state index contributed by atoms with van der Waals surface area (Å²) in [5.74, 6) is 0.0199. The van der Waals surface area contributed by atoms with Gasteiger partial charge in [0.15, 0.2) is 0 Å². The first kappa shape index (κ1) is 15.7. The van der Waals surface area contributed by atoms with Crippen LogP contribution in [0.2, 0.25) is 0 Å². The highest BCUT2D eigenvalue weighted by Crippen LogP contribution is 2.19. The topological polar surface area (TPSA) is 42.0 Å². The third-order valence-corrected chi connectivity index (χ3v) is 4.26. The molecule has 0 aromatic heterocycles. The fraction of sp³-hybridized carbons (Fsp3) is 0.933. The second kappa shape index (κ2) is 7.96. The molecule has 0 radical (unpaired) electrons. The molecule has 2 fully saturated rings. The number of hydrogen-bond acceptors (Lipinski definition) is 5. The Hall–Kier alpha value is -0.650. The van der Waals surface area contributed by atoms with Gasteiger partial charge in [0.1, 0.15) is 0 Å². The van der Waals surface area contributed by atoms with Crippen molar-refractivity contribution in [2.24, 2.45) is 5.92 Å². The molecule has 0 spiro atoms. The summed E-state index contributed by atoms with van der Waals surface area (Å²) < 4.78 is 11.0. The minimum atomic E-state index is -0.0306. The van der Waals surface area contributed by atoms with E-state index in [4.69, 9.17) is 9.47 Å². The van der Waals surface area contributed by atoms with E-state index < -0.39 is 0 Å². The normalized spacial score (nSPS) is 29.3. The van der Waals surface area contributed by atoms with Crippen molar-refractivity contribution < 1.29 is 14.3 Å². The highest BCUT2D eigenvalue weighted by molar-refractivity contribution is 5.72. The molecular formula is C15H28N2O3. The first-order chi connectivity index (χ1) is 9.72. The lowest BCUT2D eigenvalue weighted by atomic mass is 9.98. The number of nitrogens with zero attached hydrogens (tertiary/aromatic N) is 2. The lowest BCUT2D eigenvalue weighted by molar-refractivity contribution is -0.150. The summed E-state index contributed by atoms with van der Waals surface area (Å²) in [6.45, 7) is 11.3. The molecule has 1 unspecified atom stereocenters. The van der Waals surface area contributed by atoms with E-state index in [1.165, 1.54) is 0 Å². The Bertz CT molecular complexity index is 311. The van der Waals surface area contributed by atoms with Crippen LogP contribution in [0.4, 0.5) is 0 Å². The molecule has 2 rings (SSSR count). The Labute approximate surface area is 122 Å². The van der Waals surface area contributed by atoms with Crippen LogP contribution >= 0.6 is 0 Å². The molecule has 0 N–H and O–H groups in total. The Kier molecular flexibility index (Phi) is 6.26. The number of hydrogen-bond donors (Lipinski definition) is 0. The third kappa shape index (κ3) is 4.43. The number of morpholine rings is 1. The number of esters is 1. The van der Waals surface area contributed by atoms with Gasteiger partial charge in [-0.05, 0) is 32.9 Å². The zero-order valence-corrected chi connectivity index (χ0v) is 12.8. The highest BCUT2D eigenvalue weighted by atomic mass is 16.5. The van der Waals surface area contributed by atoms with Crippen LogP contribution < -0.4 is 0 Å². The minimum Gasteiger partial charge on any atom is -0.466 e. The van der Waals surface area contributed by atoms with Gasteiger partial charge in [-0.25, -0.2) is 0 Å². The van der Waals surface area contributed by atoms with E-state index in [1.807, 2.05) is 6.92 Å². The molecule has 5 heteroatoms. The molecule has 5 nitrogen and oxygen atoms in total. The fourth-order valence-corrected chi connectivity index (χ4v) is 3.14. The number of carbonyl (C=O) groups is 1. The van der Waals surface area contributed by atoms with Crippen molar-refractivity contribution in [2.45, 2.75) is 32.8 Å². The molecule has 20 heavy (non-hydrogen) atoms. The molecule has 116 valence electrons. The van der Waals surface area contributed by atoms with Crippen LogP contribution in [-0.2, 0) is 14.3 Å². The van der Waals surface area contributed by atoms with Crippen molar-refractivity contribution in [1.29, 1.82) is 0 Å². The smallest absolute Gasteiger partial charge is 0.310 e. The van der Waals surface area contributed by atoms with Crippen LogP contribution in [-0.4, -0.2) is 74.4 Å². The molecule has 2 atom stereocenters. The summed E-state index contributed by atoms with van der Waals surface area (Å²) in [5, 5.41) is 0. The van der Waals surface area contributed by atoms with Gasteiger partial charge in [0.2, 0.25) is 0 Å². The molecule has 2 heterocycles. The lowest BCUT2D eigenvalue weighted by Gasteiger charge is -2.37.